The zero-order valence-corrected chi connectivity index (χ0v) is 14.4. The van der Waals surface area contributed by atoms with E-state index < -0.39 is 0 Å². The average Bonchev–Trinajstić information content (AvgIpc) is 2.49. The number of benzene rings is 1. The van der Waals surface area contributed by atoms with E-state index in [0.29, 0.717) is 12.5 Å². The Balaban J connectivity index is 2.28. The van der Waals surface area contributed by atoms with E-state index in [0.717, 1.165) is 28.1 Å². The zero-order chi connectivity index (χ0) is 15.4. The highest BCUT2D eigenvalue weighted by molar-refractivity contribution is 9.10. The normalized spacial score (nSPS) is 11.0. The molecule has 0 radical (unpaired) electrons. The Bertz CT molecular complexity index is 611. The third kappa shape index (κ3) is 4.05. The number of nitrogens with two attached hydrogens (primary N) is 1. The van der Waals surface area contributed by atoms with Gasteiger partial charge in [0.05, 0.1) is 0 Å². The molecule has 2 aromatic rings. The summed E-state index contributed by atoms with van der Waals surface area (Å²) in [5, 5.41) is 0. The van der Waals surface area contributed by atoms with Gasteiger partial charge in [0.1, 0.15) is 5.82 Å². The average molecular weight is 348 g/mol. The first-order valence-corrected chi connectivity index (χ1v) is 7.96. The molecule has 1 heterocycles. The lowest BCUT2D eigenvalue weighted by Crippen LogP contribution is -2.19. The molecule has 2 rings (SSSR count). The summed E-state index contributed by atoms with van der Waals surface area (Å²) >= 11 is 3.60. The minimum absolute atomic E-state index is 0.395. The van der Waals surface area contributed by atoms with Crippen molar-refractivity contribution >= 4 is 21.7 Å². The van der Waals surface area contributed by atoms with E-state index in [2.05, 4.69) is 72.1 Å². The van der Waals surface area contributed by atoms with Crippen molar-refractivity contribution in [3.05, 3.63) is 57.7 Å². The predicted molar refractivity (Wildman–Crippen MR) is 92.5 cm³/mol. The third-order valence-corrected chi connectivity index (χ3v) is 4.25. The van der Waals surface area contributed by atoms with Crippen LogP contribution in [0, 0.1) is 0 Å². The minimum atomic E-state index is 0.395. The van der Waals surface area contributed by atoms with Crippen LogP contribution in [0.1, 0.15) is 36.6 Å². The van der Waals surface area contributed by atoms with Gasteiger partial charge in [-0.3, -0.25) is 0 Å². The fourth-order valence-corrected chi connectivity index (χ4v) is 2.58. The van der Waals surface area contributed by atoms with Crippen molar-refractivity contribution in [3.8, 4) is 0 Å². The lowest BCUT2D eigenvalue weighted by Gasteiger charge is -2.21. The third-order valence-electron chi connectivity index (χ3n) is 3.48. The first-order valence-electron chi connectivity index (χ1n) is 7.16. The van der Waals surface area contributed by atoms with Crippen molar-refractivity contribution in [2.45, 2.75) is 32.9 Å². The first-order chi connectivity index (χ1) is 10.0. The molecule has 0 aliphatic carbocycles. The second-order valence-electron chi connectivity index (χ2n) is 5.56. The lowest BCUT2D eigenvalue weighted by atomic mass is 10.1. The highest BCUT2D eigenvalue weighted by Gasteiger charge is 2.10. The molecule has 3 nitrogen and oxygen atoms in total. The molecule has 0 saturated carbocycles. The number of anilines is 1. The van der Waals surface area contributed by atoms with Crippen LogP contribution in [0.25, 0.3) is 0 Å². The molecule has 0 aliphatic heterocycles. The van der Waals surface area contributed by atoms with Crippen LogP contribution in [0.15, 0.2) is 40.9 Å². The Hall–Kier alpha value is -1.39. The van der Waals surface area contributed by atoms with Crippen LogP contribution >= 0.6 is 15.9 Å². The Morgan fingerprint density at radius 1 is 1.24 bits per heavy atom. The van der Waals surface area contributed by atoms with Gasteiger partial charge >= 0.3 is 0 Å². The molecule has 0 atom stereocenters. The molecule has 0 amide bonds. The molecular formula is C17H22BrN3. The topological polar surface area (TPSA) is 42.1 Å². The Morgan fingerprint density at radius 2 is 1.95 bits per heavy atom. The van der Waals surface area contributed by atoms with Gasteiger partial charge in [0.2, 0.25) is 0 Å². The maximum atomic E-state index is 5.81. The van der Waals surface area contributed by atoms with Gasteiger partial charge in [-0.2, -0.15) is 0 Å². The Morgan fingerprint density at radius 3 is 2.57 bits per heavy atom. The molecular weight excluding hydrogens is 326 g/mol. The van der Waals surface area contributed by atoms with Crippen LogP contribution in [0.3, 0.4) is 0 Å². The standard InChI is InChI=1S/C17H22BrN3/c1-12(2)16-8-13(10-19)9-17(20-16)21(3)11-14-6-4-5-7-15(14)18/h4-9,12H,10-11,19H2,1-3H3. The number of hydrogen-bond donors (Lipinski definition) is 1. The molecule has 1 aromatic heterocycles. The Kier molecular flexibility index (Phi) is 5.37. The second kappa shape index (κ2) is 7.05. The van der Waals surface area contributed by atoms with Crippen LogP contribution in [0.2, 0.25) is 0 Å². The predicted octanol–water partition coefficient (Wildman–Crippen LogP) is 4.06. The van der Waals surface area contributed by atoms with Crippen LogP contribution < -0.4 is 10.6 Å². The van der Waals surface area contributed by atoms with Crippen molar-refractivity contribution in [2.75, 3.05) is 11.9 Å². The molecule has 4 heteroatoms. The fourth-order valence-electron chi connectivity index (χ4n) is 2.17. The van der Waals surface area contributed by atoms with E-state index in [4.69, 9.17) is 10.7 Å². The lowest BCUT2D eigenvalue weighted by molar-refractivity contribution is 0.799. The maximum absolute atomic E-state index is 5.81. The quantitative estimate of drug-likeness (QED) is 0.886. The van der Waals surface area contributed by atoms with E-state index in [1.165, 1.54) is 5.56 Å². The summed E-state index contributed by atoms with van der Waals surface area (Å²) in [6, 6.07) is 12.4. The van der Waals surface area contributed by atoms with Crippen LogP contribution in [0.4, 0.5) is 5.82 Å². The van der Waals surface area contributed by atoms with Gasteiger partial charge in [0.25, 0.3) is 0 Å². The molecule has 0 saturated heterocycles. The molecule has 0 unspecified atom stereocenters. The van der Waals surface area contributed by atoms with E-state index in [-0.39, 0.29) is 0 Å². The maximum Gasteiger partial charge on any atom is 0.129 e. The summed E-state index contributed by atoms with van der Waals surface area (Å²) in [5.74, 6) is 1.37. The second-order valence-corrected chi connectivity index (χ2v) is 6.42. The summed E-state index contributed by atoms with van der Waals surface area (Å²) in [6.45, 7) is 5.65. The van der Waals surface area contributed by atoms with Crippen molar-refractivity contribution in [2.24, 2.45) is 5.73 Å². The number of nitrogens with zero attached hydrogens (tertiary/aromatic N) is 2. The number of halogens is 1. The van der Waals surface area contributed by atoms with Gasteiger partial charge in [0, 0.05) is 30.3 Å². The van der Waals surface area contributed by atoms with Gasteiger partial charge < -0.3 is 10.6 Å². The summed E-state index contributed by atoms with van der Waals surface area (Å²) < 4.78 is 1.12. The molecule has 0 spiro atoms. The van der Waals surface area contributed by atoms with Crippen LogP contribution in [0.5, 0.6) is 0 Å². The van der Waals surface area contributed by atoms with Crippen molar-refractivity contribution in [1.82, 2.24) is 4.98 Å². The minimum Gasteiger partial charge on any atom is -0.355 e. The zero-order valence-electron chi connectivity index (χ0n) is 12.8. The van der Waals surface area contributed by atoms with Crippen molar-refractivity contribution < 1.29 is 0 Å². The number of hydrogen-bond acceptors (Lipinski definition) is 3. The van der Waals surface area contributed by atoms with E-state index >= 15 is 0 Å². The summed E-state index contributed by atoms with van der Waals surface area (Å²) in [6.07, 6.45) is 0. The van der Waals surface area contributed by atoms with Gasteiger partial charge in [-0.1, -0.05) is 48.0 Å². The van der Waals surface area contributed by atoms with Gasteiger partial charge in [-0.05, 0) is 35.2 Å². The summed E-state index contributed by atoms with van der Waals surface area (Å²) in [4.78, 5) is 6.92. The molecule has 1 aromatic carbocycles. The number of rotatable bonds is 5. The highest BCUT2D eigenvalue weighted by atomic mass is 79.9. The summed E-state index contributed by atoms with van der Waals surface area (Å²) in [5.41, 5.74) is 9.27. The number of pyridine rings is 1. The number of aromatic nitrogens is 1. The Labute approximate surface area is 135 Å². The first kappa shape index (κ1) is 16.0. The molecule has 0 fully saturated rings. The smallest absolute Gasteiger partial charge is 0.129 e. The molecule has 0 aliphatic rings. The van der Waals surface area contributed by atoms with E-state index in [1.807, 2.05) is 6.07 Å². The van der Waals surface area contributed by atoms with E-state index in [1.54, 1.807) is 0 Å². The monoisotopic (exact) mass is 347 g/mol. The molecule has 0 bridgehead atoms. The SMILES string of the molecule is CC(C)c1cc(CN)cc(N(C)Cc2ccccc2Br)n1. The molecule has 21 heavy (non-hydrogen) atoms. The highest BCUT2D eigenvalue weighted by Crippen LogP contribution is 2.23. The molecule has 112 valence electrons. The van der Waals surface area contributed by atoms with E-state index in [9.17, 15) is 0 Å². The molecule has 2 N–H and O–H groups in total. The van der Waals surface area contributed by atoms with Crippen molar-refractivity contribution in [1.29, 1.82) is 0 Å². The van der Waals surface area contributed by atoms with Crippen LogP contribution in [-0.2, 0) is 13.1 Å². The van der Waals surface area contributed by atoms with Crippen LogP contribution in [-0.4, -0.2) is 12.0 Å². The fraction of sp³-hybridized carbons (Fsp3) is 0.353. The van der Waals surface area contributed by atoms with Gasteiger partial charge in [-0.15, -0.1) is 0 Å². The van der Waals surface area contributed by atoms with Gasteiger partial charge in [-0.25, -0.2) is 4.98 Å². The summed E-state index contributed by atoms with van der Waals surface area (Å²) in [7, 11) is 2.06. The largest absolute Gasteiger partial charge is 0.355 e. The van der Waals surface area contributed by atoms with Crippen molar-refractivity contribution in [3.63, 3.8) is 0 Å². The van der Waals surface area contributed by atoms with Gasteiger partial charge in [0.15, 0.2) is 0 Å².